The molecule has 1 saturated carbocycles. The monoisotopic (exact) mass is 253 g/mol. The molecule has 2 rings (SSSR count). The zero-order valence-electron chi connectivity index (χ0n) is 11.0. The standard InChI is InChI=1S/C14H20FNO2/c1-17-10-14(6-3-7-14)16-9-11-8-12(18-2)4-5-13(11)15/h4-5,8,16H,3,6-7,9-10H2,1-2H3. The van der Waals surface area contributed by atoms with Gasteiger partial charge in [0.25, 0.3) is 0 Å². The molecule has 0 aromatic heterocycles. The Labute approximate surface area is 107 Å². The summed E-state index contributed by atoms with van der Waals surface area (Å²) in [5.41, 5.74) is 0.668. The van der Waals surface area contributed by atoms with E-state index in [1.807, 2.05) is 0 Å². The van der Waals surface area contributed by atoms with Crippen LogP contribution in [0, 0.1) is 5.82 Å². The quantitative estimate of drug-likeness (QED) is 0.845. The molecule has 0 saturated heterocycles. The molecule has 1 aromatic rings. The average molecular weight is 253 g/mol. The zero-order valence-corrected chi connectivity index (χ0v) is 11.0. The Bertz CT molecular complexity index is 405. The number of nitrogens with one attached hydrogen (secondary N) is 1. The fraction of sp³-hybridized carbons (Fsp3) is 0.571. The molecule has 0 heterocycles. The number of rotatable bonds is 6. The van der Waals surface area contributed by atoms with Crippen LogP contribution in [0.2, 0.25) is 0 Å². The van der Waals surface area contributed by atoms with Crippen LogP contribution >= 0.6 is 0 Å². The van der Waals surface area contributed by atoms with Crippen LogP contribution in [-0.2, 0) is 11.3 Å². The van der Waals surface area contributed by atoms with E-state index in [0.717, 1.165) is 12.8 Å². The maximum Gasteiger partial charge on any atom is 0.127 e. The predicted molar refractivity (Wildman–Crippen MR) is 68.2 cm³/mol. The Morgan fingerprint density at radius 3 is 2.67 bits per heavy atom. The lowest BCUT2D eigenvalue weighted by Crippen LogP contribution is -2.53. The highest BCUT2D eigenvalue weighted by Gasteiger charge is 2.36. The van der Waals surface area contributed by atoms with Crippen molar-refractivity contribution < 1.29 is 13.9 Å². The smallest absolute Gasteiger partial charge is 0.127 e. The molecule has 0 atom stereocenters. The van der Waals surface area contributed by atoms with E-state index in [1.165, 1.54) is 12.5 Å². The third-order valence-corrected chi connectivity index (χ3v) is 3.64. The number of hydrogen-bond donors (Lipinski definition) is 1. The normalized spacial score (nSPS) is 17.3. The predicted octanol–water partition coefficient (Wildman–Crippen LogP) is 2.49. The van der Waals surface area contributed by atoms with Crippen LogP contribution in [0.25, 0.3) is 0 Å². The van der Waals surface area contributed by atoms with E-state index in [1.54, 1.807) is 26.4 Å². The summed E-state index contributed by atoms with van der Waals surface area (Å²) in [6.45, 7) is 1.19. The minimum absolute atomic E-state index is 0.0320. The minimum Gasteiger partial charge on any atom is -0.497 e. The second-order valence-corrected chi connectivity index (χ2v) is 4.88. The van der Waals surface area contributed by atoms with E-state index in [2.05, 4.69) is 5.32 Å². The summed E-state index contributed by atoms with van der Waals surface area (Å²) >= 11 is 0. The molecule has 18 heavy (non-hydrogen) atoms. The largest absolute Gasteiger partial charge is 0.497 e. The average Bonchev–Trinajstić information content (AvgIpc) is 2.34. The van der Waals surface area contributed by atoms with E-state index in [9.17, 15) is 4.39 Å². The van der Waals surface area contributed by atoms with Gasteiger partial charge in [-0.3, -0.25) is 0 Å². The van der Waals surface area contributed by atoms with E-state index in [0.29, 0.717) is 24.5 Å². The van der Waals surface area contributed by atoms with Gasteiger partial charge in [0.1, 0.15) is 11.6 Å². The molecule has 0 unspecified atom stereocenters. The highest BCUT2D eigenvalue weighted by atomic mass is 19.1. The summed E-state index contributed by atoms with van der Waals surface area (Å²) in [7, 11) is 3.29. The molecule has 1 fully saturated rings. The summed E-state index contributed by atoms with van der Waals surface area (Å²) in [6.07, 6.45) is 3.38. The van der Waals surface area contributed by atoms with Gasteiger partial charge in [0.05, 0.1) is 13.7 Å². The van der Waals surface area contributed by atoms with Crippen molar-refractivity contribution >= 4 is 0 Å². The molecule has 0 amide bonds. The van der Waals surface area contributed by atoms with Gasteiger partial charge < -0.3 is 14.8 Å². The number of methoxy groups -OCH3 is 2. The second kappa shape index (κ2) is 5.67. The summed E-state index contributed by atoms with van der Waals surface area (Å²) in [6, 6.07) is 4.81. The van der Waals surface area contributed by atoms with Crippen molar-refractivity contribution in [3.8, 4) is 5.75 Å². The van der Waals surface area contributed by atoms with Crippen LogP contribution < -0.4 is 10.1 Å². The highest BCUT2D eigenvalue weighted by molar-refractivity contribution is 5.30. The maximum absolute atomic E-state index is 13.7. The van der Waals surface area contributed by atoms with Crippen molar-refractivity contribution in [3.63, 3.8) is 0 Å². The Morgan fingerprint density at radius 2 is 2.11 bits per heavy atom. The first-order chi connectivity index (χ1) is 8.69. The molecule has 0 radical (unpaired) electrons. The van der Waals surface area contributed by atoms with Gasteiger partial charge in [-0.05, 0) is 37.5 Å². The van der Waals surface area contributed by atoms with Gasteiger partial charge >= 0.3 is 0 Å². The van der Waals surface area contributed by atoms with Crippen LogP contribution in [0.5, 0.6) is 5.75 Å². The summed E-state index contributed by atoms with van der Waals surface area (Å²) in [5.74, 6) is 0.484. The van der Waals surface area contributed by atoms with Gasteiger partial charge in [-0.15, -0.1) is 0 Å². The minimum atomic E-state index is -0.199. The lowest BCUT2D eigenvalue weighted by molar-refractivity contribution is 0.0547. The number of benzene rings is 1. The highest BCUT2D eigenvalue weighted by Crippen LogP contribution is 2.32. The zero-order chi connectivity index (χ0) is 13.0. The van der Waals surface area contributed by atoms with Crippen molar-refractivity contribution in [2.75, 3.05) is 20.8 Å². The number of hydrogen-bond acceptors (Lipinski definition) is 3. The van der Waals surface area contributed by atoms with Crippen molar-refractivity contribution in [3.05, 3.63) is 29.6 Å². The lowest BCUT2D eigenvalue weighted by Gasteiger charge is -2.42. The molecule has 4 heteroatoms. The van der Waals surface area contributed by atoms with Crippen LogP contribution in [0.1, 0.15) is 24.8 Å². The summed E-state index contributed by atoms with van der Waals surface area (Å²) in [4.78, 5) is 0. The van der Waals surface area contributed by atoms with Crippen molar-refractivity contribution in [1.82, 2.24) is 5.32 Å². The maximum atomic E-state index is 13.7. The van der Waals surface area contributed by atoms with Crippen LogP contribution in [-0.4, -0.2) is 26.4 Å². The molecule has 1 N–H and O–H groups in total. The molecule has 1 aromatic carbocycles. The third kappa shape index (κ3) is 2.82. The number of halogens is 1. The second-order valence-electron chi connectivity index (χ2n) is 4.88. The topological polar surface area (TPSA) is 30.5 Å². The Kier molecular flexibility index (Phi) is 4.19. The lowest BCUT2D eigenvalue weighted by atomic mass is 9.77. The molecule has 1 aliphatic rings. The van der Waals surface area contributed by atoms with Gasteiger partial charge in [0, 0.05) is 24.8 Å². The van der Waals surface area contributed by atoms with Crippen molar-refractivity contribution in [2.45, 2.75) is 31.3 Å². The van der Waals surface area contributed by atoms with Crippen LogP contribution in [0.4, 0.5) is 4.39 Å². The van der Waals surface area contributed by atoms with E-state index < -0.39 is 0 Å². The third-order valence-electron chi connectivity index (χ3n) is 3.64. The van der Waals surface area contributed by atoms with Gasteiger partial charge in [-0.25, -0.2) is 4.39 Å². The Balaban J connectivity index is 2.00. The molecule has 1 aliphatic carbocycles. The molecule has 3 nitrogen and oxygen atoms in total. The van der Waals surface area contributed by atoms with Gasteiger partial charge in [-0.1, -0.05) is 0 Å². The molecule has 100 valence electrons. The molecule has 0 bridgehead atoms. The summed E-state index contributed by atoms with van der Waals surface area (Å²) in [5, 5.41) is 3.42. The van der Waals surface area contributed by atoms with Crippen molar-refractivity contribution in [1.29, 1.82) is 0 Å². The Hall–Kier alpha value is -1.13. The van der Waals surface area contributed by atoms with E-state index in [-0.39, 0.29) is 11.4 Å². The van der Waals surface area contributed by atoms with Crippen LogP contribution in [0.15, 0.2) is 18.2 Å². The first kappa shape index (κ1) is 13.3. The molecule has 0 aliphatic heterocycles. The van der Waals surface area contributed by atoms with Crippen LogP contribution in [0.3, 0.4) is 0 Å². The van der Waals surface area contributed by atoms with E-state index >= 15 is 0 Å². The molecular weight excluding hydrogens is 233 g/mol. The summed E-state index contributed by atoms with van der Waals surface area (Å²) < 4.78 is 24.0. The first-order valence-electron chi connectivity index (χ1n) is 6.25. The SMILES string of the molecule is COCC1(NCc2cc(OC)ccc2F)CCC1. The van der Waals surface area contributed by atoms with Crippen molar-refractivity contribution in [2.24, 2.45) is 0 Å². The van der Waals surface area contributed by atoms with E-state index in [4.69, 9.17) is 9.47 Å². The van der Waals surface area contributed by atoms with Gasteiger partial charge in [0.2, 0.25) is 0 Å². The Morgan fingerprint density at radius 1 is 1.33 bits per heavy atom. The fourth-order valence-electron chi connectivity index (χ4n) is 2.35. The molecular formula is C14H20FNO2. The van der Waals surface area contributed by atoms with Gasteiger partial charge in [0.15, 0.2) is 0 Å². The fourth-order valence-corrected chi connectivity index (χ4v) is 2.35. The molecule has 0 spiro atoms. The van der Waals surface area contributed by atoms with Gasteiger partial charge in [-0.2, -0.15) is 0 Å². The first-order valence-corrected chi connectivity index (χ1v) is 6.25. The number of ether oxygens (including phenoxy) is 2.